The predicted octanol–water partition coefficient (Wildman–Crippen LogP) is 4.23. The van der Waals surface area contributed by atoms with Crippen LogP contribution in [0.1, 0.15) is 24.2 Å². The van der Waals surface area contributed by atoms with Crippen LogP contribution in [0.15, 0.2) is 40.9 Å². The van der Waals surface area contributed by atoms with E-state index in [1.807, 2.05) is 0 Å². The van der Waals surface area contributed by atoms with Gasteiger partial charge in [0, 0.05) is 10.0 Å². The van der Waals surface area contributed by atoms with Crippen molar-refractivity contribution in [3.8, 4) is 11.5 Å². The lowest BCUT2D eigenvalue weighted by Gasteiger charge is -2.13. The standard InChI is InChI=1S/C16H16BrFO3/c1-10(19)11-3-6-15(16(8-11)20-2)21-9-12-7-13(17)4-5-14(12)18/h3-8,10,19H,9H2,1-2H3/t10-/m1/s1. The predicted molar refractivity (Wildman–Crippen MR) is 82.1 cm³/mol. The highest BCUT2D eigenvalue weighted by Crippen LogP contribution is 2.31. The van der Waals surface area contributed by atoms with Crippen LogP contribution in [0.4, 0.5) is 4.39 Å². The van der Waals surface area contributed by atoms with Crippen LogP contribution in [0.5, 0.6) is 11.5 Å². The zero-order valence-corrected chi connectivity index (χ0v) is 13.4. The first-order valence-electron chi connectivity index (χ1n) is 6.44. The Kier molecular flexibility index (Phi) is 5.20. The van der Waals surface area contributed by atoms with Gasteiger partial charge < -0.3 is 14.6 Å². The van der Waals surface area contributed by atoms with Crippen molar-refractivity contribution in [3.63, 3.8) is 0 Å². The van der Waals surface area contributed by atoms with Crippen LogP contribution in [0.3, 0.4) is 0 Å². The molecule has 0 aromatic heterocycles. The maximum atomic E-state index is 13.7. The van der Waals surface area contributed by atoms with Gasteiger partial charge in [0.2, 0.25) is 0 Å². The highest BCUT2D eigenvalue weighted by atomic mass is 79.9. The maximum absolute atomic E-state index is 13.7. The van der Waals surface area contributed by atoms with Crippen molar-refractivity contribution < 1.29 is 19.0 Å². The highest BCUT2D eigenvalue weighted by Gasteiger charge is 2.10. The summed E-state index contributed by atoms with van der Waals surface area (Å²) in [5, 5.41) is 9.56. The molecule has 0 aliphatic rings. The van der Waals surface area contributed by atoms with Gasteiger partial charge in [0.1, 0.15) is 12.4 Å². The van der Waals surface area contributed by atoms with Gasteiger partial charge >= 0.3 is 0 Å². The smallest absolute Gasteiger partial charge is 0.161 e. The lowest BCUT2D eigenvalue weighted by Crippen LogP contribution is -2.01. The van der Waals surface area contributed by atoms with Gasteiger partial charge in [-0.2, -0.15) is 0 Å². The van der Waals surface area contributed by atoms with Crippen molar-refractivity contribution >= 4 is 15.9 Å². The topological polar surface area (TPSA) is 38.7 Å². The molecule has 0 unspecified atom stereocenters. The number of aliphatic hydroxyl groups excluding tert-OH is 1. The van der Waals surface area contributed by atoms with E-state index in [2.05, 4.69) is 15.9 Å². The molecule has 112 valence electrons. The summed E-state index contributed by atoms with van der Waals surface area (Å²) < 4.78 is 25.3. The second-order valence-electron chi connectivity index (χ2n) is 4.61. The van der Waals surface area contributed by atoms with Gasteiger partial charge in [-0.05, 0) is 42.8 Å². The van der Waals surface area contributed by atoms with E-state index in [0.717, 1.165) is 10.0 Å². The molecule has 0 aliphatic heterocycles. The van der Waals surface area contributed by atoms with E-state index in [9.17, 15) is 9.50 Å². The summed E-state index contributed by atoms with van der Waals surface area (Å²) in [6.45, 7) is 1.77. The molecular weight excluding hydrogens is 339 g/mol. The molecule has 1 N–H and O–H groups in total. The van der Waals surface area contributed by atoms with E-state index in [-0.39, 0.29) is 12.4 Å². The normalized spacial score (nSPS) is 12.0. The number of hydrogen-bond acceptors (Lipinski definition) is 3. The lowest BCUT2D eigenvalue weighted by atomic mass is 10.1. The first kappa shape index (κ1) is 15.8. The Morgan fingerprint density at radius 1 is 1.19 bits per heavy atom. The highest BCUT2D eigenvalue weighted by molar-refractivity contribution is 9.10. The van der Waals surface area contributed by atoms with E-state index in [1.165, 1.54) is 13.2 Å². The minimum atomic E-state index is -0.588. The Labute approximate surface area is 131 Å². The number of ether oxygens (including phenoxy) is 2. The largest absolute Gasteiger partial charge is 0.493 e. The zero-order valence-electron chi connectivity index (χ0n) is 11.8. The third-order valence-corrected chi connectivity index (χ3v) is 3.55. The van der Waals surface area contributed by atoms with Crippen molar-refractivity contribution in [1.29, 1.82) is 0 Å². The number of hydrogen-bond donors (Lipinski definition) is 1. The molecular formula is C16H16BrFO3. The van der Waals surface area contributed by atoms with Crippen molar-refractivity contribution in [2.75, 3.05) is 7.11 Å². The summed E-state index contributed by atoms with van der Waals surface area (Å²) in [6.07, 6.45) is -0.588. The van der Waals surface area contributed by atoms with E-state index in [0.29, 0.717) is 17.1 Å². The van der Waals surface area contributed by atoms with Crippen molar-refractivity contribution in [1.82, 2.24) is 0 Å². The molecule has 0 heterocycles. The Hall–Kier alpha value is -1.59. The average Bonchev–Trinajstić information content (AvgIpc) is 2.47. The molecule has 0 saturated carbocycles. The van der Waals surface area contributed by atoms with Gasteiger partial charge in [-0.15, -0.1) is 0 Å². The summed E-state index contributed by atoms with van der Waals surface area (Å²) in [4.78, 5) is 0. The maximum Gasteiger partial charge on any atom is 0.161 e. The van der Waals surface area contributed by atoms with Gasteiger partial charge in [0.05, 0.1) is 13.2 Å². The number of methoxy groups -OCH3 is 1. The molecule has 5 heteroatoms. The molecule has 0 radical (unpaired) electrons. The third-order valence-electron chi connectivity index (χ3n) is 3.06. The summed E-state index contributed by atoms with van der Waals surface area (Å²) in [6, 6.07) is 9.85. The lowest BCUT2D eigenvalue weighted by molar-refractivity contribution is 0.198. The van der Waals surface area contributed by atoms with E-state index in [1.54, 1.807) is 37.3 Å². The van der Waals surface area contributed by atoms with Crippen LogP contribution in [-0.2, 0) is 6.61 Å². The van der Waals surface area contributed by atoms with Gasteiger partial charge in [0.25, 0.3) is 0 Å². The molecule has 2 aromatic carbocycles. The summed E-state index contributed by atoms with van der Waals surface area (Å²) in [5.41, 5.74) is 1.18. The second kappa shape index (κ2) is 6.91. The van der Waals surface area contributed by atoms with Crippen LogP contribution >= 0.6 is 15.9 Å². The molecule has 0 bridgehead atoms. The molecule has 21 heavy (non-hydrogen) atoms. The molecule has 0 amide bonds. The fraction of sp³-hybridized carbons (Fsp3) is 0.250. The zero-order chi connectivity index (χ0) is 15.4. The van der Waals surface area contributed by atoms with Gasteiger partial charge in [-0.3, -0.25) is 0 Å². The third kappa shape index (κ3) is 3.95. The summed E-state index contributed by atoms with van der Waals surface area (Å²) in [7, 11) is 1.52. The Morgan fingerprint density at radius 3 is 2.62 bits per heavy atom. The van der Waals surface area contributed by atoms with Gasteiger partial charge in [-0.1, -0.05) is 22.0 Å². The van der Waals surface area contributed by atoms with Crippen LogP contribution in [-0.4, -0.2) is 12.2 Å². The molecule has 0 spiro atoms. The van der Waals surface area contributed by atoms with Crippen LogP contribution in [0, 0.1) is 5.82 Å². The molecule has 2 rings (SSSR count). The molecule has 0 aliphatic carbocycles. The van der Waals surface area contributed by atoms with Crippen molar-refractivity contribution in [2.24, 2.45) is 0 Å². The minimum Gasteiger partial charge on any atom is -0.493 e. The second-order valence-corrected chi connectivity index (χ2v) is 5.53. The van der Waals surface area contributed by atoms with Gasteiger partial charge in [-0.25, -0.2) is 4.39 Å². The van der Waals surface area contributed by atoms with Crippen LogP contribution in [0.25, 0.3) is 0 Å². The SMILES string of the molecule is COc1cc([C@@H](C)O)ccc1OCc1cc(Br)ccc1F. The Morgan fingerprint density at radius 2 is 1.95 bits per heavy atom. The quantitative estimate of drug-likeness (QED) is 0.873. The molecule has 0 fully saturated rings. The first-order valence-corrected chi connectivity index (χ1v) is 7.23. The number of aliphatic hydroxyl groups is 1. The average molecular weight is 355 g/mol. The minimum absolute atomic E-state index is 0.0929. The van der Waals surface area contributed by atoms with E-state index < -0.39 is 6.10 Å². The molecule has 2 aromatic rings. The summed E-state index contributed by atoms with van der Waals surface area (Å²) in [5.74, 6) is 0.683. The van der Waals surface area contributed by atoms with Crippen LogP contribution in [0.2, 0.25) is 0 Å². The number of rotatable bonds is 5. The van der Waals surface area contributed by atoms with Crippen molar-refractivity contribution in [3.05, 3.63) is 57.8 Å². The molecule has 1 atom stereocenters. The number of benzene rings is 2. The molecule has 0 saturated heterocycles. The monoisotopic (exact) mass is 354 g/mol. The number of halogens is 2. The summed E-state index contributed by atoms with van der Waals surface area (Å²) >= 11 is 3.30. The fourth-order valence-electron chi connectivity index (χ4n) is 1.87. The van der Waals surface area contributed by atoms with Gasteiger partial charge in [0.15, 0.2) is 11.5 Å². The van der Waals surface area contributed by atoms with E-state index >= 15 is 0 Å². The molecule has 3 nitrogen and oxygen atoms in total. The van der Waals surface area contributed by atoms with Crippen LogP contribution < -0.4 is 9.47 Å². The van der Waals surface area contributed by atoms with Crippen molar-refractivity contribution in [2.45, 2.75) is 19.6 Å². The van der Waals surface area contributed by atoms with E-state index in [4.69, 9.17) is 9.47 Å². The Bertz CT molecular complexity index is 629. The Balaban J connectivity index is 2.18. The first-order chi connectivity index (χ1) is 10.0. The fourth-order valence-corrected chi connectivity index (χ4v) is 2.28.